The summed E-state index contributed by atoms with van der Waals surface area (Å²) in [7, 11) is 0. The maximum atomic E-state index is 2.68. The SMILES string of the molecule is CCCCCCCCCCCCC1(CCCCCCCCCCCC)c2ccccc2-c2ccc(-c3ccc4c(c3)Cc3cc(-c5ccc6c(c5)C(CCCCCCCCCCCC)(CCCCCCCCCCCC)c5ccccc5-6)ccc3-4)cc21. The molecule has 0 spiro atoms. The van der Waals surface area contributed by atoms with Gasteiger partial charge in [-0.2, -0.15) is 0 Å². The zero-order chi connectivity index (χ0) is 60.2. The molecule has 0 unspecified atom stereocenters. The molecule has 0 amide bonds. The van der Waals surface area contributed by atoms with Gasteiger partial charge >= 0.3 is 0 Å². The van der Waals surface area contributed by atoms with Gasteiger partial charge in [0.25, 0.3) is 0 Å². The lowest BCUT2D eigenvalue weighted by molar-refractivity contribution is 0.397. The van der Waals surface area contributed by atoms with Crippen molar-refractivity contribution < 1.29 is 0 Å². The highest BCUT2D eigenvalue weighted by Gasteiger charge is 2.44. The number of hydrogen-bond acceptors (Lipinski definition) is 0. The van der Waals surface area contributed by atoms with Gasteiger partial charge < -0.3 is 0 Å². The van der Waals surface area contributed by atoms with Crippen LogP contribution in [0, 0.1) is 0 Å². The molecule has 3 aliphatic rings. The van der Waals surface area contributed by atoms with Crippen LogP contribution < -0.4 is 0 Å². The van der Waals surface area contributed by atoms with Crippen LogP contribution in [0.4, 0.5) is 0 Å². The Bertz CT molecular complexity index is 2690. The van der Waals surface area contributed by atoms with Crippen LogP contribution in [0.5, 0.6) is 0 Å². The van der Waals surface area contributed by atoms with Gasteiger partial charge in [0.15, 0.2) is 0 Å². The van der Waals surface area contributed by atoms with Crippen LogP contribution in [0.25, 0.3) is 55.6 Å². The summed E-state index contributed by atoms with van der Waals surface area (Å²) in [4.78, 5) is 0. The van der Waals surface area contributed by atoms with Crippen molar-refractivity contribution in [1.29, 1.82) is 0 Å². The number of unbranched alkanes of at least 4 members (excludes halogenated alkanes) is 36. The maximum Gasteiger partial charge on any atom is 0.0215 e. The first-order chi connectivity index (χ1) is 43.0. The van der Waals surface area contributed by atoms with E-state index in [0.29, 0.717) is 0 Å². The van der Waals surface area contributed by atoms with Crippen LogP contribution in [-0.2, 0) is 17.3 Å². The van der Waals surface area contributed by atoms with E-state index in [4.69, 9.17) is 0 Å². The van der Waals surface area contributed by atoms with Crippen LogP contribution in [-0.4, -0.2) is 0 Å². The van der Waals surface area contributed by atoms with Crippen LogP contribution in [0.2, 0.25) is 0 Å². The molecule has 9 rings (SSSR count). The Morgan fingerprint density at radius 2 is 0.448 bits per heavy atom. The van der Waals surface area contributed by atoms with Gasteiger partial charge in [-0.15, -0.1) is 0 Å². The Labute approximate surface area is 534 Å². The predicted molar refractivity (Wildman–Crippen MR) is 384 cm³/mol. The van der Waals surface area contributed by atoms with Gasteiger partial charge in [0.05, 0.1) is 0 Å². The maximum absolute atomic E-state index is 2.68. The van der Waals surface area contributed by atoms with E-state index in [0.717, 1.165) is 6.42 Å². The smallest absolute Gasteiger partial charge is 0.0215 e. The molecule has 0 heterocycles. The van der Waals surface area contributed by atoms with Crippen LogP contribution in [0.3, 0.4) is 0 Å². The van der Waals surface area contributed by atoms with Crippen LogP contribution in [0.15, 0.2) is 121 Å². The van der Waals surface area contributed by atoms with E-state index < -0.39 is 0 Å². The van der Waals surface area contributed by atoms with E-state index in [1.54, 1.807) is 22.3 Å². The van der Waals surface area contributed by atoms with E-state index in [2.05, 4.69) is 149 Å². The van der Waals surface area contributed by atoms with E-state index in [9.17, 15) is 0 Å². The molecule has 6 aromatic rings. The number of benzene rings is 6. The first kappa shape index (κ1) is 66.7. The Hall–Kier alpha value is -4.68. The van der Waals surface area contributed by atoms with Gasteiger partial charge in [-0.05, 0) is 133 Å². The molecule has 0 N–H and O–H groups in total. The molecule has 0 aliphatic heterocycles. The second kappa shape index (κ2) is 36.2. The Kier molecular flexibility index (Phi) is 27.8. The molecule has 0 atom stereocenters. The lowest BCUT2D eigenvalue weighted by Crippen LogP contribution is -2.25. The normalized spacial score (nSPS) is 13.8. The molecule has 6 aromatic carbocycles. The van der Waals surface area contributed by atoms with Gasteiger partial charge in [-0.1, -0.05) is 394 Å². The summed E-state index contributed by atoms with van der Waals surface area (Å²) in [5, 5.41) is 0. The standard InChI is InChI=1S/C87H122/c1-5-9-13-17-21-25-29-33-37-45-61-86(62-46-38-34-30-26-22-18-14-10-6-2)82-51-43-41-49-78(82)80-59-55-72(68-84(80)86)70-53-57-76-74(65-70)67-75-66-71(54-58-77(75)76)73-56-60-81-79-50-42-44-52-83(79)87(85(81)69-73,63-47-39-35-31-27-23-19-15-11-7-3)64-48-40-36-32-28-24-20-16-12-8-4/h41-44,49-60,65-66,68-69H,5-40,45-48,61-64,67H2,1-4H3. The molecule has 0 heteroatoms. The average Bonchev–Trinajstić information content (AvgIpc) is 1.63. The van der Waals surface area contributed by atoms with Crippen molar-refractivity contribution in [3.8, 4) is 55.6 Å². The van der Waals surface area contributed by atoms with Gasteiger partial charge in [0.1, 0.15) is 0 Å². The minimum absolute atomic E-state index is 0.0888. The average molecular weight is 1170 g/mol. The van der Waals surface area contributed by atoms with Crippen molar-refractivity contribution in [3.63, 3.8) is 0 Å². The molecule has 0 aromatic heterocycles. The van der Waals surface area contributed by atoms with E-state index in [1.165, 1.54) is 349 Å². The number of fused-ring (bicyclic) bond motifs is 9. The van der Waals surface area contributed by atoms with Crippen molar-refractivity contribution in [2.75, 3.05) is 0 Å². The quantitative estimate of drug-likeness (QED) is 0.0334. The van der Waals surface area contributed by atoms with Crippen LogP contribution >= 0.6 is 0 Å². The zero-order valence-electron chi connectivity index (χ0n) is 56.4. The fourth-order valence-corrected chi connectivity index (χ4v) is 16.8. The number of hydrogen-bond donors (Lipinski definition) is 0. The van der Waals surface area contributed by atoms with E-state index in [-0.39, 0.29) is 10.8 Å². The third-order valence-electron chi connectivity index (χ3n) is 21.9. The summed E-state index contributed by atoms with van der Waals surface area (Å²) in [6.07, 6.45) is 61.7. The molecule has 87 heavy (non-hydrogen) atoms. The molecule has 470 valence electrons. The van der Waals surface area contributed by atoms with Crippen molar-refractivity contribution in [1.82, 2.24) is 0 Å². The Morgan fingerprint density at radius 3 is 0.736 bits per heavy atom. The van der Waals surface area contributed by atoms with Gasteiger partial charge in [0.2, 0.25) is 0 Å². The van der Waals surface area contributed by atoms with Gasteiger partial charge in [0, 0.05) is 10.8 Å². The summed E-state index contributed by atoms with van der Waals surface area (Å²) < 4.78 is 0. The molecule has 0 nitrogen and oxygen atoms in total. The third kappa shape index (κ3) is 17.8. The number of rotatable bonds is 46. The first-order valence-corrected chi connectivity index (χ1v) is 37.8. The molecular formula is C87H122. The fraction of sp³-hybridized carbons (Fsp3) is 0.586. The highest BCUT2D eigenvalue weighted by molar-refractivity contribution is 5.88. The largest absolute Gasteiger partial charge is 0.0654 e. The van der Waals surface area contributed by atoms with Crippen LogP contribution in [0.1, 0.15) is 344 Å². The topological polar surface area (TPSA) is 0 Å². The van der Waals surface area contributed by atoms with E-state index in [1.807, 2.05) is 0 Å². The molecule has 0 saturated carbocycles. The Balaban J connectivity index is 0.919. The van der Waals surface area contributed by atoms with Gasteiger partial charge in [-0.25, -0.2) is 0 Å². The minimum atomic E-state index is 0.0888. The highest BCUT2D eigenvalue weighted by atomic mass is 14.5. The van der Waals surface area contributed by atoms with E-state index >= 15 is 0 Å². The molecule has 0 saturated heterocycles. The molecule has 0 radical (unpaired) electrons. The summed E-state index contributed by atoms with van der Waals surface area (Å²) in [5.74, 6) is 0. The second-order valence-electron chi connectivity index (χ2n) is 28.4. The summed E-state index contributed by atoms with van der Waals surface area (Å²) in [5.41, 5.74) is 24.0. The molecular weight excluding hydrogens is 1040 g/mol. The zero-order valence-corrected chi connectivity index (χ0v) is 56.4. The molecule has 0 fully saturated rings. The second-order valence-corrected chi connectivity index (χ2v) is 28.4. The summed E-state index contributed by atoms with van der Waals surface area (Å²) in [6, 6.07) is 49.6. The molecule has 0 bridgehead atoms. The minimum Gasteiger partial charge on any atom is -0.0654 e. The third-order valence-corrected chi connectivity index (χ3v) is 21.9. The lowest BCUT2D eigenvalue weighted by Gasteiger charge is -2.33. The monoisotopic (exact) mass is 1170 g/mol. The lowest BCUT2D eigenvalue weighted by atomic mass is 9.70. The fourth-order valence-electron chi connectivity index (χ4n) is 16.8. The van der Waals surface area contributed by atoms with Crippen molar-refractivity contribution in [2.24, 2.45) is 0 Å². The summed E-state index contributed by atoms with van der Waals surface area (Å²) >= 11 is 0. The Morgan fingerprint density at radius 1 is 0.218 bits per heavy atom. The summed E-state index contributed by atoms with van der Waals surface area (Å²) in [6.45, 7) is 9.33. The van der Waals surface area contributed by atoms with Gasteiger partial charge in [-0.3, -0.25) is 0 Å². The highest BCUT2D eigenvalue weighted by Crippen LogP contribution is 2.57. The first-order valence-electron chi connectivity index (χ1n) is 37.8. The predicted octanol–water partition coefficient (Wildman–Crippen LogP) is 28.4. The van der Waals surface area contributed by atoms with Crippen molar-refractivity contribution in [2.45, 2.75) is 327 Å². The van der Waals surface area contributed by atoms with Crippen molar-refractivity contribution in [3.05, 3.63) is 155 Å². The van der Waals surface area contributed by atoms with Crippen molar-refractivity contribution >= 4 is 0 Å². The molecule has 3 aliphatic carbocycles.